The first-order valence-electron chi connectivity index (χ1n) is 22.0. The van der Waals surface area contributed by atoms with Gasteiger partial charge in [0.1, 0.15) is 36.1 Å². The number of nitrogens with one attached hydrogen (secondary N) is 4. The van der Waals surface area contributed by atoms with Crippen LogP contribution in [0.2, 0.25) is 0 Å². The van der Waals surface area contributed by atoms with Gasteiger partial charge < -0.3 is 49.3 Å². The number of hydrogen-bond acceptors (Lipinski definition) is 10. The van der Waals surface area contributed by atoms with Gasteiger partial charge in [-0.2, -0.15) is 0 Å². The second kappa shape index (κ2) is 16.8. The minimum Gasteiger partial charge on any atom is -0.488 e. The molecule has 3 saturated heterocycles. The molecule has 10 rings (SSSR count). The SMILES string of the molecule is COC[C@H]1C[C@@H](c2ncc(-c3ccc4c(c3)COc3cc5c(cc3-4)CCc3[nH]c([C@@H]4CC[C@@H]6CC(C)[C@H](NC(=O)OC)C(=O)N64)nc3-5)[nH]2)N(C(=O)[C@H](NC(=O)OC)c2ccccc2)C1. The number of imidazole rings is 2. The maximum Gasteiger partial charge on any atom is 0.407 e. The third-order valence-corrected chi connectivity index (χ3v) is 13.8. The maximum atomic E-state index is 14.3. The minimum atomic E-state index is -0.942. The van der Waals surface area contributed by atoms with Gasteiger partial charge in [-0.3, -0.25) is 9.59 Å². The number of piperidine rings is 1. The monoisotopic (exact) mass is 868 g/mol. The molecule has 0 saturated carbocycles. The van der Waals surface area contributed by atoms with E-state index in [1.54, 1.807) is 18.2 Å². The molecule has 16 nitrogen and oxygen atoms in total. The lowest BCUT2D eigenvalue weighted by Crippen LogP contribution is -2.58. The van der Waals surface area contributed by atoms with Gasteiger partial charge in [0.05, 0.1) is 50.5 Å². The average Bonchev–Trinajstić information content (AvgIpc) is 4.15. The van der Waals surface area contributed by atoms with E-state index in [0.29, 0.717) is 37.6 Å². The Hall–Kier alpha value is -6.68. The summed E-state index contributed by atoms with van der Waals surface area (Å²) in [5.74, 6) is 1.97. The van der Waals surface area contributed by atoms with Crippen LogP contribution in [-0.4, -0.2) is 100 Å². The lowest BCUT2D eigenvalue weighted by atomic mass is 9.86. The van der Waals surface area contributed by atoms with Gasteiger partial charge in [-0.25, -0.2) is 19.6 Å². The number of likely N-dealkylation sites (tertiary alicyclic amines) is 1. The third kappa shape index (κ3) is 7.32. The topological polar surface area (TPSA) is 193 Å². The Morgan fingerprint density at radius 2 is 1.72 bits per heavy atom. The van der Waals surface area contributed by atoms with Crippen LogP contribution >= 0.6 is 0 Å². The number of methoxy groups -OCH3 is 3. The molecule has 332 valence electrons. The van der Waals surface area contributed by atoms with Gasteiger partial charge in [-0.1, -0.05) is 49.4 Å². The van der Waals surface area contributed by atoms with Crippen LogP contribution < -0.4 is 15.4 Å². The largest absolute Gasteiger partial charge is 0.488 e. The molecule has 16 heteroatoms. The van der Waals surface area contributed by atoms with E-state index in [-0.39, 0.29) is 41.8 Å². The minimum absolute atomic E-state index is 0.00469. The summed E-state index contributed by atoms with van der Waals surface area (Å²) in [7, 11) is 4.24. The van der Waals surface area contributed by atoms with Crippen LogP contribution in [-0.2, 0) is 43.2 Å². The molecule has 4 amide bonds. The molecule has 4 aliphatic heterocycles. The Balaban J connectivity index is 0.889. The summed E-state index contributed by atoms with van der Waals surface area (Å²) in [5.41, 5.74) is 9.78. The number of benzene rings is 3. The number of carbonyl (C=O) groups is 4. The van der Waals surface area contributed by atoms with Gasteiger partial charge in [0.15, 0.2) is 0 Å². The number of alkyl carbamates (subject to hydrolysis) is 2. The maximum absolute atomic E-state index is 14.3. The highest BCUT2D eigenvalue weighted by molar-refractivity contribution is 5.89. The average molecular weight is 869 g/mol. The Bertz CT molecular complexity index is 2630. The van der Waals surface area contributed by atoms with Crippen molar-refractivity contribution in [1.29, 1.82) is 0 Å². The van der Waals surface area contributed by atoms with Crippen LogP contribution in [0.5, 0.6) is 5.75 Å². The first-order chi connectivity index (χ1) is 31.1. The van der Waals surface area contributed by atoms with Gasteiger partial charge >= 0.3 is 12.2 Å². The smallest absolute Gasteiger partial charge is 0.407 e. The van der Waals surface area contributed by atoms with Crippen molar-refractivity contribution in [3.63, 3.8) is 0 Å². The molecule has 7 atom stereocenters. The molecule has 4 N–H and O–H groups in total. The van der Waals surface area contributed by atoms with Gasteiger partial charge in [0.25, 0.3) is 5.91 Å². The molecule has 5 aromatic rings. The predicted molar refractivity (Wildman–Crippen MR) is 234 cm³/mol. The fraction of sp³-hybridized carbons (Fsp3) is 0.417. The van der Waals surface area contributed by atoms with Crippen molar-refractivity contribution in [2.75, 3.05) is 34.5 Å². The number of nitrogens with zero attached hydrogens (tertiary/aromatic N) is 4. The van der Waals surface area contributed by atoms with Crippen molar-refractivity contribution in [3.8, 4) is 39.4 Å². The van der Waals surface area contributed by atoms with E-state index < -0.39 is 24.3 Å². The summed E-state index contributed by atoms with van der Waals surface area (Å²) >= 11 is 0. The van der Waals surface area contributed by atoms with Gasteiger partial charge in [0, 0.05) is 42.4 Å². The molecule has 3 fully saturated rings. The highest BCUT2D eigenvalue weighted by Gasteiger charge is 2.48. The molecule has 6 heterocycles. The molecular formula is C48H52N8O8. The number of fused-ring (bicyclic) bond motifs is 7. The second-order valence-corrected chi connectivity index (χ2v) is 17.7. The molecule has 1 unspecified atom stereocenters. The van der Waals surface area contributed by atoms with E-state index in [4.69, 9.17) is 28.9 Å². The first-order valence-corrected chi connectivity index (χ1v) is 22.0. The van der Waals surface area contributed by atoms with Crippen LogP contribution in [0, 0.1) is 11.8 Å². The fourth-order valence-corrected chi connectivity index (χ4v) is 10.7. The molecule has 64 heavy (non-hydrogen) atoms. The van der Waals surface area contributed by atoms with Gasteiger partial charge in [0.2, 0.25) is 5.91 Å². The number of rotatable bonds is 9. The van der Waals surface area contributed by atoms with Gasteiger partial charge in [-0.15, -0.1) is 0 Å². The zero-order chi connectivity index (χ0) is 44.2. The molecule has 3 aromatic carbocycles. The molecule has 0 radical (unpaired) electrons. The van der Waals surface area contributed by atoms with Crippen molar-refractivity contribution in [1.82, 2.24) is 40.4 Å². The van der Waals surface area contributed by atoms with Crippen LogP contribution in [0.1, 0.15) is 84.8 Å². The van der Waals surface area contributed by atoms with Crippen molar-refractivity contribution in [3.05, 3.63) is 101 Å². The van der Waals surface area contributed by atoms with E-state index in [9.17, 15) is 19.2 Å². The number of ether oxygens (including phenoxy) is 4. The van der Waals surface area contributed by atoms with Crippen molar-refractivity contribution in [2.24, 2.45) is 11.8 Å². The van der Waals surface area contributed by atoms with Crippen molar-refractivity contribution in [2.45, 2.75) is 82.3 Å². The third-order valence-electron chi connectivity index (χ3n) is 13.8. The number of hydrogen-bond donors (Lipinski definition) is 4. The highest BCUT2D eigenvalue weighted by atomic mass is 16.5. The van der Waals surface area contributed by atoms with Crippen LogP contribution in [0.25, 0.3) is 33.6 Å². The zero-order valence-electron chi connectivity index (χ0n) is 36.3. The summed E-state index contributed by atoms with van der Waals surface area (Å²) < 4.78 is 21.7. The standard InChI is InChI=1S/C48H52N8O8/c1-25-16-31-12-15-37(56(31)46(58)40(25)53-47(59)62-3)44-50-35-14-11-28-19-34-32-13-10-29(18-30(32)24-64-39(34)20-33(28)42(35)52-44)36-21-49-43(51-36)38-17-26(23-61-2)22-55(38)45(57)41(54-48(60)63-4)27-8-6-5-7-9-27/h5-10,13,18-21,25-26,31,37-38,40-41H,11-12,14-17,22-24H2,1-4H3,(H,49,51)(H,50,52)(H,53,59)(H,54,60)/t25?,26-,31+,37-,38-,40-,41+/m0/s1. The van der Waals surface area contributed by atoms with Crippen molar-refractivity contribution < 1.29 is 38.1 Å². The molecular weight excluding hydrogens is 817 g/mol. The van der Waals surface area contributed by atoms with E-state index in [1.165, 1.54) is 19.8 Å². The number of amides is 4. The summed E-state index contributed by atoms with van der Waals surface area (Å²) in [6, 6.07) is 17.8. The van der Waals surface area contributed by atoms with Crippen molar-refractivity contribution >= 4 is 24.0 Å². The summed E-state index contributed by atoms with van der Waals surface area (Å²) in [4.78, 5) is 73.5. The summed E-state index contributed by atoms with van der Waals surface area (Å²) in [6.07, 6.45) is 5.28. The molecule has 1 aliphatic carbocycles. The Kier molecular flexibility index (Phi) is 10.8. The highest BCUT2D eigenvalue weighted by Crippen LogP contribution is 2.47. The van der Waals surface area contributed by atoms with Crippen LogP contribution in [0.15, 0.2) is 66.9 Å². The lowest BCUT2D eigenvalue weighted by Gasteiger charge is -2.41. The van der Waals surface area contributed by atoms with Crippen LogP contribution in [0.4, 0.5) is 9.59 Å². The fourth-order valence-electron chi connectivity index (χ4n) is 10.7. The molecule has 0 spiro atoms. The normalized spacial score (nSPS) is 23.5. The number of aromatic nitrogens is 4. The quantitative estimate of drug-likeness (QED) is 0.126. The van der Waals surface area contributed by atoms with E-state index in [2.05, 4.69) is 50.9 Å². The van der Waals surface area contributed by atoms with E-state index in [0.717, 1.165) is 88.6 Å². The number of aryl methyl sites for hydroxylation is 2. The number of aromatic amines is 2. The first kappa shape index (κ1) is 41.3. The van der Waals surface area contributed by atoms with E-state index >= 15 is 0 Å². The Labute approximate surface area is 370 Å². The molecule has 5 aliphatic rings. The molecule has 0 bridgehead atoms. The van der Waals surface area contributed by atoms with E-state index in [1.807, 2.05) is 42.2 Å². The summed E-state index contributed by atoms with van der Waals surface area (Å²) in [5, 5.41) is 5.51. The Morgan fingerprint density at radius 1 is 0.891 bits per heavy atom. The summed E-state index contributed by atoms with van der Waals surface area (Å²) in [6.45, 7) is 3.31. The Morgan fingerprint density at radius 3 is 2.52 bits per heavy atom. The zero-order valence-corrected chi connectivity index (χ0v) is 36.3. The second-order valence-electron chi connectivity index (χ2n) is 17.7. The lowest BCUT2D eigenvalue weighted by molar-refractivity contribution is -0.142. The van der Waals surface area contributed by atoms with Gasteiger partial charge in [-0.05, 0) is 90.5 Å². The number of carbonyl (C=O) groups excluding carboxylic acids is 4. The van der Waals surface area contributed by atoms with Crippen LogP contribution in [0.3, 0.4) is 0 Å². The number of H-pyrrole nitrogens is 2. The predicted octanol–water partition coefficient (Wildman–Crippen LogP) is 6.55. The molecule has 2 aromatic heterocycles.